The van der Waals surface area contributed by atoms with Crippen LogP contribution in [0.2, 0.25) is 0 Å². The van der Waals surface area contributed by atoms with Crippen LogP contribution >= 0.6 is 7.82 Å². The van der Waals surface area contributed by atoms with Gasteiger partial charge in [-0.05, 0) is 116 Å². The number of hydrogen-bond acceptors (Lipinski definition) is 10. The molecule has 0 saturated carbocycles. The lowest BCUT2D eigenvalue weighted by Gasteiger charge is -2.21. The van der Waals surface area contributed by atoms with Crippen LogP contribution in [0.3, 0.4) is 0 Å². The van der Waals surface area contributed by atoms with Crippen LogP contribution in [0.25, 0.3) is 0 Å². The highest BCUT2D eigenvalue weighted by molar-refractivity contribution is 7.47. The summed E-state index contributed by atoms with van der Waals surface area (Å²) in [6.07, 6.45) is 67.9. The molecule has 11 nitrogen and oxygen atoms in total. The molecule has 0 spiro atoms. The van der Waals surface area contributed by atoms with Gasteiger partial charge in [0.1, 0.15) is 12.7 Å². The molecule has 436 valence electrons. The second kappa shape index (κ2) is 57.6. The first-order chi connectivity index (χ1) is 37.2. The second-order valence-electron chi connectivity index (χ2n) is 19.8. The minimum absolute atomic E-state index is 0.151. The number of phosphoric ester groups is 1. The molecule has 0 aliphatic rings. The van der Waals surface area contributed by atoms with Crippen molar-refractivity contribution in [1.29, 1.82) is 0 Å². The summed E-state index contributed by atoms with van der Waals surface area (Å²) >= 11 is 0. The molecule has 0 aromatic heterocycles. The summed E-state index contributed by atoms with van der Waals surface area (Å²) < 4.78 is 39.5. The number of allylic oxidation sites excluding steroid dienone is 16. The maximum Gasteiger partial charge on any atom is 0.472 e. The molecule has 0 aromatic carbocycles. The summed E-state index contributed by atoms with van der Waals surface area (Å²) in [6.45, 7) is 4.42. The van der Waals surface area contributed by atoms with Gasteiger partial charge < -0.3 is 24.2 Å². The monoisotopic (exact) mass is 1080 g/mol. The van der Waals surface area contributed by atoms with Crippen LogP contribution in [0.5, 0.6) is 0 Å². The van der Waals surface area contributed by atoms with E-state index in [1.807, 2.05) is 0 Å². The number of rotatable bonds is 55. The maximum absolute atomic E-state index is 12.9. The molecule has 0 aliphatic carbocycles. The summed E-state index contributed by atoms with van der Waals surface area (Å²) in [5, 5.41) is 9.80. The first-order valence-corrected chi connectivity index (χ1v) is 31.6. The van der Waals surface area contributed by atoms with Crippen LogP contribution in [0.1, 0.15) is 252 Å². The van der Waals surface area contributed by atoms with Crippen molar-refractivity contribution < 1.29 is 52.2 Å². The standard InChI is InChI=1S/C64H109O11P/c1-4-7-10-13-16-19-22-24-26-28-30-32-34-36-39-41-44-47-50-53-62(66)71-57-61(75-64(68)55-52-49-46-43-40-37-35-33-31-29-27-25-23-20-17-14-11-8-5-2)59-73-76(69,70)72-58-60(56-65)74-63(67)54-51-48-45-42-38-21-18-15-12-9-6-3/h7,10,15-20,24-27,30,32,36,39,60-61,65H,4-6,8-9,11-14,21-23,28-29,31,33-35,37-38,40-59H2,1-3H3,(H,69,70)/b10-7-,18-15-,19-16-,20-17-,26-24-,27-25-,32-30-,39-36-. The molecule has 0 saturated heterocycles. The number of ether oxygens (including phenoxy) is 3. The molecule has 76 heavy (non-hydrogen) atoms. The third-order valence-electron chi connectivity index (χ3n) is 12.5. The first-order valence-electron chi connectivity index (χ1n) is 30.1. The van der Waals surface area contributed by atoms with Gasteiger partial charge in [-0.1, -0.05) is 214 Å². The topological polar surface area (TPSA) is 155 Å². The summed E-state index contributed by atoms with van der Waals surface area (Å²) in [7, 11) is -4.76. The van der Waals surface area contributed by atoms with Crippen LogP contribution in [0.4, 0.5) is 0 Å². The van der Waals surface area contributed by atoms with Crippen LogP contribution in [-0.2, 0) is 42.2 Å². The lowest BCUT2D eigenvalue weighted by atomic mass is 10.1. The van der Waals surface area contributed by atoms with Gasteiger partial charge in [0.25, 0.3) is 0 Å². The van der Waals surface area contributed by atoms with E-state index in [-0.39, 0.29) is 25.9 Å². The minimum atomic E-state index is -4.76. The van der Waals surface area contributed by atoms with E-state index in [0.29, 0.717) is 19.3 Å². The number of esters is 3. The number of hydrogen-bond donors (Lipinski definition) is 2. The van der Waals surface area contributed by atoms with Crippen LogP contribution in [0, 0.1) is 0 Å². The second-order valence-corrected chi connectivity index (χ2v) is 21.2. The van der Waals surface area contributed by atoms with Crippen molar-refractivity contribution in [2.45, 2.75) is 264 Å². The Morgan fingerprint density at radius 1 is 0.382 bits per heavy atom. The van der Waals surface area contributed by atoms with E-state index in [4.69, 9.17) is 23.3 Å². The highest BCUT2D eigenvalue weighted by Gasteiger charge is 2.28. The third-order valence-corrected chi connectivity index (χ3v) is 13.4. The van der Waals surface area contributed by atoms with Crippen molar-refractivity contribution in [2.75, 3.05) is 26.4 Å². The van der Waals surface area contributed by atoms with Crippen molar-refractivity contribution in [2.24, 2.45) is 0 Å². The van der Waals surface area contributed by atoms with E-state index in [9.17, 15) is 28.9 Å². The van der Waals surface area contributed by atoms with Gasteiger partial charge in [0.2, 0.25) is 0 Å². The highest BCUT2D eigenvalue weighted by Crippen LogP contribution is 2.43. The summed E-state index contributed by atoms with van der Waals surface area (Å²) in [5.41, 5.74) is 0. The van der Waals surface area contributed by atoms with Crippen LogP contribution < -0.4 is 0 Å². The van der Waals surface area contributed by atoms with Gasteiger partial charge in [-0.25, -0.2) is 4.57 Å². The maximum atomic E-state index is 12.9. The highest BCUT2D eigenvalue weighted by atomic mass is 31.2. The predicted molar refractivity (Wildman–Crippen MR) is 316 cm³/mol. The van der Waals surface area contributed by atoms with Gasteiger partial charge in [0, 0.05) is 19.3 Å². The van der Waals surface area contributed by atoms with Crippen LogP contribution in [0.15, 0.2) is 97.2 Å². The van der Waals surface area contributed by atoms with E-state index < -0.39 is 57.8 Å². The van der Waals surface area contributed by atoms with Gasteiger partial charge >= 0.3 is 25.7 Å². The van der Waals surface area contributed by atoms with Gasteiger partial charge in [0.05, 0.1) is 19.8 Å². The Bertz CT molecular complexity index is 1640. The molecule has 0 bridgehead atoms. The number of aliphatic hydroxyl groups excluding tert-OH is 1. The number of carbonyl (C=O) groups excluding carboxylic acids is 3. The molecule has 0 aromatic rings. The predicted octanol–water partition coefficient (Wildman–Crippen LogP) is 18.0. The molecule has 3 unspecified atom stereocenters. The Morgan fingerprint density at radius 3 is 1.12 bits per heavy atom. The molecular weight excluding hydrogens is 976 g/mol. The average Bonchev–Trinajstić information content (AvgIpc) is 3.41. The van der Waals surface area contributed by atoms with Gasteiger partial charge in [-0.2, -0.15) is 0 Å². The molecule has 0 heterocycles. The first kappa shape index (κ1) is 72.4. The molecular formula is C64H109O11P. The Balaban J connectivity index is 4.79. The Labute approximate surface area is 463 Å². The minimum Gasteiger partial charge on any atom is -0.462 e. The van der Waals surface area contributed by atoms with E-state index in [1.54, 1.807) is 0 Å². The molecule has 2 N–H and O–H groups in total. The summed E-state index contributed by atoms with van der Waals surface area (Å²) in [4.78, 5) is 48.6. The van der Waals surface area contributed by atoms with Crippen molar-refractivity contribution in [3.05, 3.63) is 97.2 Å². The largest absolute Gasteiger partial charge is 0.472 e. The molecule has 0 radical (unpaired) electrons. The smallest absolute Gasteiger partial charge is 0.462 e. The Kier molecular flexibility index (Phi) is 54.8. The SMILES string of the molecule is CC/C=C\C/C=C\C/C=C\C/C=C\C/C=C\CCCCCC(=O)OCC(COP(=O)(O)OCC(CO)OC(=O)CCCCCCC/C=C\CCCC)OC(=O)CCCCCCCCCCC/C=C\C/C=C\CCCCC. The van der Waals surface area contributed by atoms with Gasteiger partial charge in [-0.3, -0.25) is 23.4 Å². The van der Waals surface area contributed by atoms with Crippen molar-refractivity contribution >= 4 is 25.7 Å². The van der Waals surface area contributed by atoms with Crippen molar-refractivity contribution in [1.82, 2.24) is 0 Å². The zero-order valence-corrected chi connectivity index (χ0v) is 49.1. The Morgan fingerprint density at radius 2 is 0.697 bits per heavy atom. The molecule has 0 rings (SSSR count). The lowest BCUT2D eigenvalue weighted by molar-refractivity contribution is -0.161. The molecule has 0 amide bonds. The van der Waals surface area contributed by atoms with E-state index in [0.717, 1.165) is 122 Å². The van der Waals surface area contributed by atoms with E-state index in [2.05, 4.69) is 118 Å². The van der Waals surface area contributed by atoms with E-state index in [1.165, 1.54) is 70.6 Å². The Hall–Kier alpha value is -3.60. The number of carbonyl (C=O) groups is 3. The molecule has 0 fully saturated rings. The fourth-order valence-electron chi connectivity index (χ4n) is 7.86. The van der Waals surface area contributed by atoms with Crippen LogP contribution in [-0.4, -0.2) is 66.5 Å². The van der Waals surface area contributed by atoms with Gasteiger partial charge in [0.15, 0.2) is 6.10 Å². The molecule has 3 atom stereocenters. The number of aliphatic hydroxyl groups is 1. The fourth-order valence-corrected chi connectivity index (χ4v) is 8.65. The zero-order valence-electron chi connectivity index (χ0n) is 48.2. The molecule has 12 heteroatoms. The molecule has 0 aliphatic heterocycles. The summed E-state index contributed by atoms with van der Waals surface area (Å²) in [6, 6.07) is 0. The zero-order chi connectivity index (χ0) is 55.5. The fraction of sp³-hybridized carbons (Fsp3) is 0.703. The number of unbranched alkanes of at least 4 members (excludes halogenated alkanes) is 22. The lowest BCUT2D eigenvalue weighted by Crippen LogP contribution is -2.30. The van der Waals surface area contributed by atoms with Crippen molar-refractivity contribution in [3.63, 3.8) is 0 Å². The van der Waals surface area contributed by atoms with E-state index >= 15 is 0 Å². The van der Waals surface area contributed by atoms with Crippen molar-refractivity contribution in [3.8, 4) is 0 Å². The summed E-state index contributed by atoms with van der Waals surface area (Å²) in [5.74, 6) is -1.52. The van der Waals surface area contributed by atoms with Gasteiger partial charge in [-0.15, -0.1) is 0 Å². The quantitative estimate of drug-likeness (QED) is 0.0197. The average molecular weight is 1090 g/mol. The number of phosphoric acid groups is 1. The normalized spacial score (nSPS) is 14.0. The third kappa shape index (κ3) is 55.2.